The van der Waals surface area contributed by atoms with Gasteiger partial charge in [-0.3, -0.25) is 4.79 Å². The van der Waals surface area contributed by atoms with Crippen molar-refractivity contribution in [3.63, 3.8) is 0 Å². The Bertz CT molecular complexity index is 895. The minimum Gasteiger partial charge on any atom is -0.307 e. The van der Waals surface area contributed by atoms with Crippen molar-refractivity contribution in [3.05, 3.63) is 54.1 Å². The average Bonchev–Trinajstić information content (AvgIpc) is 2.83. The summed E-state index contributed by atoms with van der Waals surface area (Å²) in [6.45, 7) is 0.619. The molecule has 7 heteroatoms. The van der Waals surface area contributed by atoms with Crippen molar-refractivity contribution >= 4 is 33.4 Å². The van der Waals surface area contributed by atoms with Crippen LogP contribution >= 0.6 is 11.8 Å². The van der Waals surface area contributed by atoms with Crippen molar-refractivity contribution in [3.8, 4) is 0 Å². The van der Waals surface area contributed by atoms with Gasteiger partial charge in [-0.1, -0.05) is 18.2 Å². The van der Waals surface area contributed by atoms with Gasteiger partial charge in [0.2, 0.25) is 10.0 Å². The maximum Gasteiger partial charge on any atom is 0.258 e. The van der Waals surface area contributed by atoms with Crippen molar-refractivity contribution < 1.29 is 13.2 Å². The van der Waals surface area contributed by atoms with Crippen LogP contribution in [0, 0.1) is 0 Å². The van der Waals surface area contributed by atoms with E-state index in [0.29, 0.717) is 12.1 Å². The number of nitrogens with zero attached hydrogens (tertiary/aromatic N) is 2. The molecule has 0 spiro atoms. The minimum atomic E-state index is -3.57. The molecule has 0 unspecified atom stereocenters. The summed E-state index contributed by atoms with van der Waals surface area (Å²) in [4.78, 5) is 16.0. The molecule has 132 valence electrons. The SMILES string of the molecule is CN(C)S(=O)(=O)c1cccc(C(=O)N2CCCSc3ccccc32)c1. The summed E-state index contributed by atoms with van der Waals surface area (Å²) in [5, 5.41) is 0. The summed E-state index contributed by atoms with van der Waals surface area (Å²) in [7, 11) is -0.616. The van der Waals surface area contributed by atoms with Crippen LogP contribution in [0.4, 0.5) is 5.69 Å². The van der Waals surface area contributed by atoms with E-state index in [1.54, 1.807) is 28.8 Å². The van der Waals surface area contributed by atoms with Gasteiger partial charge in [-0.25, -0.2) is 12.7 Å². The number of para-hydroxylation sites is 1. The van der Waals surface area contributed by atoms with Crippen LogP contribution in [0.1, 0.15) is 16.8 Å². The highest BCUT2D eigenvalue weighted by molar-refractivity contribution is 7.99. The molecular formula is C18H20N2O3S2. The highest BCUT2D eigenvalue weighted by Gasteiger charge is 2.24. The van der Waals surface area contributed by atoms with Gasteiger partial charge in [0, 0.05) is 31.1 Å². The standard InChI is InChI=1S/C18H20N2O3S2/c1-19(2)25(22,23)15-8-5-7-14(13-15)18(21)20-11-6-12-24-17-10-4-3-9-16(17)20/h3-5,7-10,13H,6,11-12H2,1-2H3. The van der Waals surface area contributed by atoms with Gasteiger partial charge < -0.3 is 4.90 Å². The van der Waals surface area contributed by atoms with Crippen molar-refractivity contribution in [2.45, 2.75) is 16.2 Å². The van der Waals surface area contributed by atoms with Crippen molar-refractivity contribution in [1.29, 1.82) is 0 Å². The van der Waals surface area contributed by atoms with E-state index in [1.807, 2.05) is 24.3 Å². The average molecular weight is 377 g/mol. The second-order valence-electron chi connectivity index (χ2n) is 5.94. The number of thioether (sulfide) groups is 1. The lowest BCUT2D eigenvalue weighted by Gasteiger charge is -2.23. The summed E-state index contributed by atoms with van der Waals surface area (Å²) in [5.74, 6) is 0.779. The molecule has 25 heavy (non-hydrogen) atoms. The van der Waals surface area contributed by atoms with Crippen molar-refractivity contribution in [1.82, 2.24) is 4.31 Å². The Labute approximate surface area is 152 Å². The van der Waals surface area contributed by atoms with E-state index in [2.05, 4.69) is 0 Å². The summed E-state index contributed by atoms with van der Waals surface area (Å²) in [5.41, 5.74) is 1.26. The first-order valence-corrected chi connectivity index (χ1v) is 10.4. The number of benzene rings is 2. The number of amides is 1. The molecule has 0 saturated carbocycles. The molecule has 0 fully saturated rings. The predicted molar refractivity (Wildman–Crippen MR) is 101 cm³/mol. The second kappa shape index (κ2) is 7.19. The van der Waals surface area contributed by atoms with Crippen LogP contribution in [0.5, 0.6) is 0 Å². The summed E-state index contributed by atoms with van der Waals surface area (Å²) in [6.07, 6.45) is 0.890. The maximum absolute atomic E-state index is 13.1. The summed E-state index contributed by atoms with van der Waals surface area (Å²) >= 11 is 1.74. The van der Waals surface area contributed by atoms with Crippen LogP contribution in [-0.4, -0.2) is 45.0 Å². The van der Waals surface area contributed by atoms with E-state index in [4.69, 9.17) is 0 Å². The van der Waals surface area contributed by atoms with E-state index >= 15 is 0 Å². The fraction of sp³-hybridized carbons (Fsp3) is 0.278. The predicted octanol–water partition coefficient (Wildman–Crippen LogP) is 3.08. The summed E-state index contributed by atoms with van der Waals surface area (Å²) in [6, 6.07) is 14.1. The van der Waals surface area contributed by atoms with Gasteiger partial charge in [-0.15, -0.1) is 11.8 Å². The van der Waals surface area contributed by atoms with Crippen LogP contribution in [0.25, 0.3) is 0 Å². The molecule has 2 aromatic carbocycles. The number of rotatable bonds is 3. The maximum atomic E-state index is 13.1. The van der Waals surface area contributed by atoms with E-state index in [1.165, 1.54) is 26.2 Å². The quantitative estimate of drug-likeness (QED) is 0.826. The Morgan fingerprint density at radius 3 is 2.64 bits per heavy atom. The van der Waals surface area contributed by atoms with E-state index in [0.717, 1.165) is 27.1 Å². The van der Waals surface area contributed by atoms with Gasteiger partial charge in [-0.2, -0.15) is 0 Å². The van der Waals surface area contributed by atoms with Crippen LogP contribution in [-0.2, 0) is 10.0 Å². The molecule has 1 aliphatic heterocycles. The lowest BCUT2D eigenvalue weighted by molar-refractivity contribution is 0.0986. The molecular weight excluding hydrogens is 356 g/mol. The number of carbonyl (C=O) groups excluding carboxylic acids is 1. The van der Waals surface area contributed by atoms with Crippen LogP contribution < -0.4 is 4.90 Å². The number of carbonyl (C=O) groups is 1. The first-order chi connectivity index (χ1) is 11.9. The topological polar surface area (TPSA) is 57.7 Å². The highest BCUT2D eigenvalue weighted by atomic mass is 32.2. The second-order valence-corrected chi connectivity index (χ2v) is 9.23. The zero-order valence-electron chi connectivity index (χ0n) is 14.2. The number of hydrogen-bond donors (Lipinski definition) is 0. The van der Waals surface area contributed by atoms with E-state index < -0.39 is 10.0 Å². The molecule has 0 radical (unpaired) electrons. The third kappa shape index (κ3) is 3.58. The van der Waals surface area contributed by atoms with Gasteiger partial charge in [0.1, 0.15) is 0 Å². The molecule has 2 aromatic rings. The van der Waals surface area contributed by atoms with Gasteiger partial charge in [0.05, 0.1) is 10.6 Å². The smallest absolute Gasteiger partial charge is 0.258 e. The minimum absolute atomic E-state index is 0.126. The molecule has 1 aliphatic rings. The molecule has 0 aliphatic carbocycles. The van der Waals surface area contributed by atoms with Crippen LogP contribution in [0.2, 0.25) is 0 Å². The Morgan fingerprint density at radius 2 is 1.88 bits per heavy atom. The molecule has 1 heterocycles. The molecule has 0 atom stereocenters. The van der Waals surface area contributed by atoms with E-state index in [-0.39, 0.29) is 10.8 Å². The molecule has 1 amide bonds. The molecule has 0 bridgehead atoms. The first kappa shape index (κ1) is 18.0. The molecule has 5 nitrogen and oxygen atoms in total. The van der Waals surface area contributed by atoms with Gasteiger partial charge in [0.15, 0.2) is 0 Å². The number of fused-ring (bicyclic) bond motifs is 1. The largest absolute Gasteiger partial charge is 0.307 e. The Kier molecular flexibility index (Phi) is 5.17. The van der Waals surface area contributed by atoms with E-state index in [9.17, 15) is 13.2 Å². The third-order valence-corrected chi connectivity index (χ3v) is 7.00. The molecule has 0 N–H and O–H groups in total. The van der Waals surface area contributed by atoms with Gasteiger partial charge in [0.25, 0.3) is 5.91 Å². The molecule has 0 saturated heterocycles. The zero-order chi connectivity index (χ0) is 18.0. The fourth-order valence-corrected chi connectivity index (χ4v) is 4.64. The normalized spacial score (nSPS) is 14.9. The zero-order valence-corrected chi connectivity index (χ0v) is 15.8. The Morgan fingerprint density at radius 1 is 1.12 bits per heavy atom. The first-order valence-electron chi connectivity index (χ1n) is 7.97. The third-order valence-electron chi connectivity index (χ3n) is 4.04. The lowest BCUT2D eigenvalue weighted by atomic mass is 10.1. The number of sulfonamides is 1. The van der Waals surface area contributed by atoms with Gasteiger partial charge in [-0.05, 0) is 42.5 Å². The Balaban J connectivity index is 2.00. The molecule has 3 rings (SSSR count). The van der Waals surface area contributed by atoms with Crippen molar-refractivity contribution in [2.75, 3.05) is 31.3 Å². The monoisotopic (exact) mass is 376 g/mol. The number of anilines is 1. The van der Waals surface area contributed by atoms with Crippen LogP contribution in [0.15, 0.2) is 58.3 Å². The lowest BCUT2D eigenvalue weighted by Crippen LogP contribution is -2.32. The summed E-state index contributed by atoms with van der Waals surface area (Å²) < 4.78 is 25.8. The fourth-order valence-electron chi connectivity index (χ4n) is 2.69. The highest BCUT2D eigenvalue weighted by Crippen LogP contribution is 2.34. The van der Waals surface area contributed by atoms with Gasteiger partial charge >= 0.3 is 0 Å². The molecule has 0 aromatic heterocycles. The van der Waals surface area contributed by atoms with Crippen LogP contribution in [0.3, 0.4) is 0 Å². The Hall–Kier alpha value is -1.83. The number of hydrogen-bond acceptors (Lipinski definition) is 4. The van der Waals surface area contributed by atoms with Crippen molar-refractivity contribution in [2.24, 2.45) is 0 Å².